The molecule has 2 N–H and O–H groups in total. The lowest BCUT2D eigenvalue weighted by molar-refractivity contribution is 0.0952. The molecule has 0 bridgehead atoms. The van der Waals surface area contributed by atoms with Crippen molar-refractivity contribution in [2.24, 2.45) is 0 Å². The van der Waals surface area contributed by atoms with Crippen molar-refractivity contribution in [3.05, 3.63) is 60.6 Å². The minimum absolute atomic E-state index is 0.124. The van der Waals surface area contributed by atoms with Crippen LogP contribution in [0, 0.1) is 0 Å². The molecule has 0 unspecified atom stereocenters. The van der Waals surface area contributed by atoms with Crippen LogP contribution in [0.3, 0.4) is 0 Å². The van der Waals surface area contributed by atoms with Crippen molar-refractivity contribution in [1.82, 2.24) is 15.3 Å². The molecule has 0 radical (unpaired) electrons. The van der Waals surface area contributed by atoms with Gasteiger partial charge in [-0.1, -0.05) is 39.0 Å². The van der Waals surface area contributed by atoms with Crippen molar-refractivity contribution >= 4 is 17.4 Å². The second-order valence-electron chi connectivity index (χ2n) is 6.24. The molecule has 120 valence electrons. The van der Waals surface area contributed by atoms with Crippen LogP contribution in [0.25, 0.3) is 0 Å². The average molecular weight is 310 g/mol. The van der Waals surface area contributed by atoms with E-state index < -0.39 is 0 Å². The summed E-state index contributed by atoms with van der Waals surface area (Å²) in [6.45, 7) is 10.5. The van der Waals surface area contributed by atoms with Gasteiger partial charge in [-0.05, 0) is 23.1 Å². The zero-order chi connectivity index (χ0) is 16.9. The molecule has 0 saturated heterocycles. The highest BCUT2D eigenvalue weighted by Crippen LogP contribution is 2.24. The van der Waals surface area contributed by atoms with Gasteiger partial charge in [0, 0.05) is 12.2 Å². The molecule has 0 atom stereocenters. The number of amides is 1. The van der Waals surface area contributed by atoms with Crippen molar-refractivity contribution in [2.45, 2.75) is 26.2 Å². The Bertz CT molecular complexity index is 670. The minimum Gasteiger partial charge on any atom is -0.347 e. The van der Waals surface area contributed by atoms with E-state index in [2.05, 4.69) is 60.1 Å². The van der Waals surface area contributed by atoms with Gasteiger partial charge < -0.3 is 10.6 Å². The Morgan fingerprint density at radius 2 is 1.87 bits per heavy atom. The van der Waals surface area contributed by atoms with Gasteiger partial charge in [-0.3, -0.25) is 4.79 Å². The third kappa shape index (κ3) is 4.64. The normalized spacial score (nSPS) is 10.9. The highest BCUT2D eigenvalue weighted by atomic mass is 16.1. The molecule has 1 aromatic heterocycles. The van der Waals surface area contributed by atoms with Crippen LogP contribution in [0.1, 0.15) is 36.8 Å². The Morgan fingerprint density at radius 3 is 2.39 bits per heavy atom. The second-order valence-corrected chi connectivity index (χ2v) is 6.24. The quantitative estimate of drug-likeness (QED) is 0.830. The predicted octanol–water partition coefficient (Wildman–Crippen LogP) is 3.43. The minimum atomic E-state index is -0.265. The fraction of sp³-hybridized carbons (Fsp3) is 0.278. The molecule has 1 aromatic carbocycles. The smallest absolute Gasteiger partial charge is 0.271 e. The van der Waals surface area contributed by atoms with Gasteiger partial charge in [-0.2, -0.15) is 0 Å². The van der Waals surface area contributed by atoms with Crippen molar-refractivity contribution in [2.75, 3.05) is 11.9 Å². The maximum atomic E-state index is 11.7. The standard InChI is InChI=1S/C18H22N4O/c1-5-10-19-17(23)15-11-21-16(12-20-15)22-14-8-6-13(7-9-14)18(2,3)4/h5-9,11-12H,1,10H2,2-4H3,(H,19,23)(H,21,22). The van der Waals surface area contributed by atoms with Gasteiger partial charge in [-0.25, -0.2) is 9.97 Å². The number of nitrogens with one attached hydrogen (secondary N) is 2. The Hall–Kier alpha value is -2.69. The molecule has 5 nitrogen and oxygen atoms in total. The SMILES string of the molecule is C=CCNC(=O)c1cnc(Nc2ccc(C(C)(C)C)cc2)cn1. The molecule has 2 rings (SSSR count). The van der Waals surface area contributed by atoms with E-state index in [1.165, 1.54) is 11.8 Å². The predicted molar refractivity (Wildman–Crippen MR) is 93.0 cm³/mol. The molecule has 0 aliphatic heterocycles. The molecule has 0 aliphatic rings. The van der Waals surface area contributed by atoms with Crippen LogP contribution < -0.4 is 10.6 Å². The third-order valence-electron chi connectivity index (χ3n) is 3.31. The fourth-order valence-corrected chi connectivity index (χ4v) is 1.97. The Balaban J connectivity index is 2.03. The summed E-state index contributed by atoms with van der Waals surface area (Å²) in [7, 11) is 0. The van der Waals surface area contributed by atoms with E-state index in [1.54, 1.807) is 12.3 Å². The molecule has 2 aromatic rings. The van der Waals surface area contributed by atoms with Gasteiger partial charge in [0.1, 0.15) is 11.5 Å². The monoisotopic (exact) mass is 310 g/mol. The Morgan fingerprint density at radius 1 is 1.17 bits per heavy atom. The van der Waals surface area contributed by atoms with Crippen molar-refractivity contribution < 1.29 is 4.79 Å². The van der Waals surface area contributed by atoms with E-state index in [0.717, 1.165) is 5.69 Å². The zero-order valence-electron chi connectivity index (χ0n) is 13.8. The van der Waals surface area contributed by atoms with E-state index in [0.29, 0.717) is 12.4 Å². The van der Waals surface area contributed by atoms with E-state index in [9.17, 15) is 4.79 Å². The highest BCUT2D eigenvalue weighted by molar-refractivity contribution is 5.92. The number of hydrogen-bond donors (Lipinski definition) is 2. The van der Waals surface area contributed by atoms with E-state index in [4.69, 9.17) is 0 Å². The maximum Gasteiger partial charge on any atom is 0.271 e. The fourth-order valence-electron chi connectivity index (χ4n) is 1.97. The molecular formula is C18H22N4O. The maximum absolute atomic E-state index is 11.7. The van der Waals surface area contributed by atoms with Gasteiger partial charge in [0.05, 0.1) is 12.4 Å². The van der Waals surface area contributed by atoms with E-state index >= 15 is 0 Å². The van der Waals surface area contributed by atoms with Crippen LogP contribution in [-0.4, -0.2) is 22.4 Å². The zero-order valence-corrected chi connectivity index (χ0v) is 13.8. The number of nitrogens with zero attached hydrogens (tertiary/aromatic N) is 2. The summed E-state index contributed by atoms with van der Waals surface area (Å²) < 4.78 is 0. The molecular weight excluding hydrogens is 288 g/mol. The van der Waals surface area contributed by atoms with Crippen LogP contribution in [-0.2, 0) is 5.41 Å². The lowest BCUT2D eigenvalue weighted by atomic mass is 9.87. The highest BCUT2D eigenvalue weighted by Gasteiger charge is 2.13. The van der Waals surface area contributed by atoms with Gasteiger partial charge in [0.25, 0.3) is 5.91 Å². The number of aromatic nitrogens is 2. The number of rotatable bonds is 5. The third-order valence-corrected chi connectivity index (χ3v) is 3.31. The molecule has 1 amide bonds. The van der Waals surface area contributed by atoms with Crippen LogP contribution >= 0.6 is 0 Å². The van der Waals surface area contributed by atoms with Crippen LogP contribution in [0.5, 0.6) is 0 Å². The van der Waals surface area contributed by atoms with Crippen molar-refractivity contribution in [3.8, 4) is 0 Å². The lowest BCUT2D eigenvalue weighted by Crippen LogP contribution is -2.24. The number of anilines is 2. The molecule has 0 spiro atoms. The number of benzene rings is 1. The van der Waals surface area contributed by atoms with Crippen molar-refractivity contribution in [3.63, 3.8) is 0 Å². The van der Waals surface area contributed by atoms with Crippen LogP contribution in [0.2, 0.25) is 0 Å². The van der Waals surface area contributed by atoms with Crippen LogP contribution in [0.4, 0.5) is 11.5 Å². The first-order valence-electron chi connectivity index (χ1n) is 7.49. The van der Waals surface area contributed by atoms with Gasteiger partial charge in [0.2, 0.25) is 0 Å². The first-order chi connectivity index (χ1) is 10.9. The number of carbonyl (C=O) groups is 1. The first kappa shape index (κ1) is 16.7. The molecule has 1 heterocycles. The molecule has 0 saturated carbocycles. The summed E-state index contributed by atoms with van der Waals surface area (Å²) in [4.78, 5) is 20.1. The summed E-state index contributed by atoms with van der Waals surface area (Å²) in [6.07, 6.45) is 4.60. The average Bonchev–Trinajstić information content (AvgIpc) is 2.53. The number of hydrogen-bond acceptors (Lipinski definition) is 4. The molecule has 0 fully saturated rings. The lowest BCUT2D eigenvalue weighted by Gasteiger charge is -2.19. The topological polar surface area (TPSA) is 66.9 Å². The van der Waals surface area contributed by atoms with Crippen molar-refractivity contribution in [1.29, 1.82) is 0 Å². The number of carbonyl (C=O) groups excluding carboxylic acids is 1. The largest absolute Gasteiger partial charge is 0.347 e. The Kier molecular flexibility index (Phi) is 5.11. The van der Waals surface area contributed by atoms with E-state index in [-0.39, 0.29) is 17.0 Å². The van der Waals surface area contributed by atoms with Gasteiger partial charge in [0.15, 0.2) is 0 Å². The summed E-state index contributed by atoms with van der Waals surface area (Å²) in [5.74, 6) is 0.326. The molecule has 23 heavy (non-hydrogen) atoms. The van der Waals surface area contributed by atoms with Gasteiger partial charge >= 0.3 is 0 Å². The first-order valence-corrected chi connectivity index (χ1v) is 7.49. The summed E-state index contributed by atoms with van der Waals surface area (Å²) in [5, 5.41) is 5.83. The van der Waals surface area contributed by atoms with E-state index in [1.807, 2.05) is 12.1 Å². The summed E-state index contributed by atoms with van der Waals surface area (Å²) >= 11 is 0. The molecule has 0 aliphatic carbocycles. The van der Waals surface area contributed by atoms with Crippen LogP contribution in [0.15, 0.2) is 49.3 Å². The summed E-state index contributed by atoms with van der Waals surface area (Å²) in [6, 6.07) is 8.19. The van der Waals surface area contributed by atoms with Gasteiger partial charge in [-0.15, -0.1) is 6.58 Å². The second kappa shape index (κ2) is 7.05. The molecule has 5 heteroatoms. The summed E-state index contributed by atoms with van der Waals surface area (Å²) in [5.41, 5.74) is 2.60. The Labute approximate surface area is 136 Å².